The summed E-state index contributed by atoms with van der Waals surface area (Å²) in [5.41, 5.74) is -3.95. The first-order chi connectivity index (χ1) is 14.8. The summed E-state index contributed by atoms with van der Waals surface area (Å²) in [6, 6.07) is 8.95. The van der Waals surface area contributed by atoms with Crippen LogP contribution >= 0.6 is 0 Å². The zero-order valence-corrected chi connectivity index (χ0v) is 17.7. The van der Waals surface area contributed by atoms with Gasteiger partial charge >= 0.3 is 12.2 Å². The molecule has 3 N–H and O–H groups in total. The molecular formula is C20H20F3N3O5S. The molecule has 12 heteroatoms. The van der Waals surface area contributed by atoms with Crippen molar-refractivity contribution < 1.29 is 36.3 Å². The minimum Gasteiger partial charge on any atom is -0.363 e. The number of hydrogen-bond acceptors (Lipinski definition) is 5. The average molecular weight is 471 g/mol. The van der Waals surface area contributed by atoms with Gasteiger partial charge in [0.2, 0.25) is 15.7 Å². The SMILES string of the molecule is CN(C)S(=O)(=O)c1ccc(C(=O)[C@@H]2[C@H](c3ccccc3)NC(=O)N[C@]2(O)C(F)(F)F)cc1. The van der Waals surface area contributed by atoms with Gasteiger partial charge in [0.15, 0.2) is 5.78 Å². The van der Waals surface area contributed by atoms with E-state index in [1.807, 2.05) is 0 Å². The van der Waals surface area contributed by atoms with Gasteiger partial charge in [0.1, 0.15) is 5.92 Å². The molecule has 1 aliphatic rings. The predicted molar refractivity (Wildman–Crippen MR) is 107 cm³/mol. The Labute approximate surface area is 182 Å². The van der Waals surface area contributed by atoms with Crippen molar-refractivity contribution in [1.29, 1.82) is 0 Å². The van der Waals surface area contributed by atoms with Crippen molar-refractivity contribution in [1.82, 2.24) is 14.9 Å². The summed E-state index contributed by atoms with van der Waals surface area (Å²) in [7, 11) is -1.22. The highest BCUT2D eigenvalue weighted by molar-refractivity contribution is 7.89. The third-order valence-corrected chi connectivity index (χ3v) is 6.99. The molecule has 8 nitrogen and oxygen atoms in total. The Hall–Kier alpha value is -2.96. The molecule has 1 saturated heterocycles. The molecule has 2 aromatic rings. The fourth-order valence-corrected chi connectivity index (χ4v) is 4.36. The van der Waals surface area contributed by atoms with Crippen molar-refractivity contribution in [3.63, 3.8) is 0 Å². The zero-order valence-electron chi connectivity index (χ0n) is 16.9. The van der Waals surface area contributed by atoms with E-state index in [4.69, 9.17) is 0 Å². The summed E-state index contributed by atoms with van der Waals surface area (Å²) in [5, 5.41) is 14.3. The van der Waals surface area contributed by atoms with E-state index in [-0.39, 0.29) is 16.0 Å². The van der Waals surface area contributed by atoms with Gasteiger partial charge in [-0.25, -0.2) is 17.5 Å². The number of hydrogen-bond donors (Lipinski definition) is 3. The monoisotopic (exact) mass is 471 g/mol. The van der Waals surface area contributed by atoms with Crippen LogP contribution in [0.25, 0.3) is 0 Å². The van der Waals surface area contributed by atoms with Gasteiger partial charge in [0.05, 0.1) is 10.9 Å². The first kappa shape index (κ1) is 23.7. The van der Waals surface area contributed by atoms with E-state index in [1.165, 1.54) is 43.7 Å². The maximum Gasteiger partial charge on any atom is 0.437 e. The minimum atomic E-state index is -5.38. The largest absolute Gasteiger partial charge is 0.437 e. The van der Waals surface area contributed by atoms with Crippen molar-refractivity contribution in [3.8, 4) is 0 Å². The normalized spacial score (nSPS) is 24.0. The van der Waals surface area contributed by atoms with Crippen molar-refractivity contribution in [2.45, 2.75) is 22.8 Å². The molecule has 0 aromatic heterocycles. The van der Waals surface area contributed by atoms with Crippen molar-refractivity contribution >= 4 is 21.8 Å². The van der Waals surface area contributed by atoms with Gasteiger partial charge < -0.3 is 15.7 Å². The molecule has 1 aliphatic heterocycles. The van der Waals surface area contributed by atoms with E-state index in [1.54, 1.807) is 6.07 Å². The highest BCUT2D eigenvalue weighted by Gasteiger charge is 2.66. The number of ketones is 1. The van der Waals surface area contributed by atoms with Crippen LogP contribution in [-0.4, -0.2) is 55.6 Å². The van der Waals surface area contributed by atoms with Gasteiger partial charge in [-0.05, 0) is 17.7 Å². The number of nitrogens with zero attached hydrogens (tertiary/aromatic N) is 1. The number of amides is 2. The van der Waals surface area contributed by atoms with E-state index in [0.717, 1.165) is 28.6 Å². The van der Waals surface area contributed by atoms with Crippen LogP contribution in [0.15, 0.2) is 59.5 Å². The lowest BCUT2D eigenvalue weighted by molar-refractivity contribution is -0.287. The molecule has 0 bridgehead atoms. The number of carbonyl (C=O) groups excluding carboxylic acids is 2. The Morgan fingerprint density at radius 2 is 1.62 bits per heavy atom. The quantitative estimate of drug-likeness (QED) is 0.578. The smallest absolute Gasteiger partial charge is 0.363 e. The Kier molecular flexibility index (Phi) is 6.06. The molecular weight excluding hydrogens is 451 g/mol. The molecule has 2 aromatic carbocycles. The number of alkyl halides is 3. The summed E-state index contributed by atoms with van der Waals surface area (Å²) in [6.07, 6.45) is -5.38. The summed E-state index contributed by atoms with van der Waals surface area (Å²) >= 11 is 0. The van der Waals surface area contributed by atoms with E-state index in [2.05, 4.69) is 5.32 Å². The van der Waals surface area contributed by atoms with E-state index in [0.29, 0.717) is 0 Å². The van der Waals surface area contributed by atoms with Crippen LogP contribution in [0.5, 0.6) is 0 Å². The number of carbonyl (C=O) groups is 2. The third kappa shape index (κ3) is 4.08. The lowest BCUT2D eigenvalue weighted by Gasteiger charge is -2.45. The highest BCUT2D eigenvalue weighted by atomic mass is 32.2. The average Bonchev–Trinajstić information content (AvgIpc) is 2.72. The number of sulfonamides is 1. The second kappa shape index (κ2) is 8.19. The molecule has 3 rings (SSSR count). The van der Waals surface area contributed by atoms with Crippen LogP contribution < -0.4 is 10.6 Å². The van der Waals surface area contributed by atoms with E-state index >= 15 is 0 Å². The molecule has 0 radical (unpaired) electrons. The standard InChI is InChI=1S/C20H20F3N3O5S/c1-26(2)32(30,31)14-10-8-13(9-11-14)17(27)15-16(12-6-4-3-5-7-12)24-18(28)25-19(15,29)20(21,22)23/h3-11,15-16,29H,1-2H3,(H2,24,25,28)/t15-,16-,19+/m0/s1. The second-order valence-corrected chi connectivity index (χ2v) is 9.56. The molecule has 0 unspecified atom stereocenters. The molecule has 2 amide bonds. The third-order valence-electron chi connectivity index (χ3n) is 5.16. The van der Waals surface area contributed by atoms with Crippen LogP contribution in [0.2, 0.25) is 0 Å². The number of nitrogens with one attached hydrogen (secondary N) is 2. The van der Waals surface area contributed by atoms with Crippen molar-refractivity contribution in [2.24, 2.45) is 5.92 Å². The molecule has 0 aliphatic carbocycles. The van der Waals surface area contributed by atoms with Gasteiger partial charge in [-0.15, -0.1) is 0 Å². The Morgan fingerprint density at radius 1 is 1.06 bits per heavy atom. The molecule has 0 spiro atoms. The number of Topliss-reactive ketones (excluding diaryl/α,β-unsaturated/α-hetero) is 1. The fraction of sp³-hybridized carbons (Fsp3) is 0.300. The number of halogens is 3. The highest BCUT2D eigenvalue weighted by Crippen LogP contribution is 2.43. The maximum absolute atomic E-state index is 13.9. The second-order valence-electron chi connectivity index (χ2n) is 7.40. The van der Waals surface area contributed by atoms with E-state index in [9.17, 15) is 36.3 Å². The summed E-state index contributed by atoms with van der Waals surface area (Å²) < 4.78 is 67.1. The van der Waals surface area contributed by atoms with E-state index < -0.39 is 45.7 Å². The van der Waals surface area contributed by atoms with Crippen LogP contribution in [0.3, 0.4) is 0 Å². The fourth-order valence-electron chi connectivity index (χ4n) is 3.46. The number of urea groups is 1. The first-order valence-electron chi connectivity index (χ1n) is 9.28. The number of rotatable bonds is 5. The van der Waals surface area contributed by atoms with Gasteiger partial charge in [-0.3, -0.25) is 4.79 Å². The van der Waals surface area contributed by atoms with Crippen molar-refractivity contribution in [2.75, 3.05) is 14.1 Å². The lowest BCUT2D eigenvalue weighted by Crippen LogP contribution is -2.72. The summed E-state index contributed by atoms with van der Waals surface area (Å²) in [5.74, 6) is -3.33. The van der Waals surface area contributed by atoms with Crippen LogP contribution in [0.4, 0.5) is 18.0 Å². The van der Waals surface area contributed by atoms with Crippen LogP contribution in [0, 0.1) is 5.92 Å². The molecule has 3 atom stereocenters. The van der Waals surface area contributed by atoms with Gasteiger partial charge in [0.25, 0.3) is 0 Å². The number of aliphatic hydroxyl groups is 1. The van der Waals surface area contributed by atoms with Gasteiger partial charge in [-0.2, -0.15) is 13.2 Å². The van der Waals surface area contributed by atoms with Crippen LogP contribution in [-0.2, 0) is 10.0 Å². The zero-order chi connectivity index (χ0) is 23.9. The maximum atomic E-state index is 13.9. The van der Waals surface area contributed by atoms with Gasteiger partial charge in [-0.1, -0.05) is 42.5 Å². The molecule has 0 saturated carbocycles. The Balaban J connectivity index is 2.10. The lowest BCUT2D eigenvalue weighted by atomic mass is 9.77. The van der Waals surface area contributed by atoms with Crippen LogP contribution in [0.1, 0.15) is 22.0 Å². The Bertz CT molecular complexity index is 1120. The molecule has 1 heterocycles. The first-order valence-corrected chi connectivity index (χ1v) is 10.7. The number of benzene rings is 2. The Morgan fingerprint density at radius 3 is 2.12 bits per heavy atom. The molecule has 32 heavy (non-hydrogen) atoms. The summed E-state index contributed by atoms with van der Waals surface area (Å²) in [6.45, 7) is 0. The molecule has 172 valence electrons. The van der Waals surface area contributed by atoms with Crippen molar-refractivity contribution in [3.05, 3.63) is 65.7 Å². The predicted octanol–water partition coefficient (Wildman–Crippen LogP) is 2.04. The minimum absolute atomic E-state index is 0.167. The summed E-state index contributed by atoms with van der Waals surface area (Å²) in [4.78, 5) is 25.0. The van der Waals surface area contributed by atoms with Gasteiger partial charge in [0, 0.05) is 19.7 Å². The topological polar surface area (TPSA) is 116 Å². The molecule has 1 fully saturated rings.